The van der Waals surface area contributed by atoms with Gasteiger partial charge in [-0.1, -0.05) is 43.8 Å². The van der Waals surface area contributed by atoms with Crippen molar-refractivity contribution < 1.29 is 4.79 Å². The summed E-state index contributed by atoms with van der Waals surface area (Å²) in [7, 11) is 0. The molecular weight excluding hydrogens is 198 g/mol. The first kappa shape index (κ1) is 12.5. The van der Waals surface area contributed by atoms with Gasteiger partial charge in [0.05, 0.1) is 0 Å². The second-order valence-corrected chi connectivity index (χ2v) is 3.87. The molecule has 0 aromatic heterocycles. The fourth-order valence-corrected chi connectivity index (χ4v) is 1.60. The first-order valence-corrected chi connectivity index (χ1v) is 5.65. The topological polar surface area (TPSA) is 20.3 Å². The first-order chi connectivity index (χ1) is 7.65. The van der Waals surface area contributed by atoms with Crippen molar-refractivity contribution >= 4 is 5.91 Å². The Morgan fingerprint density at radius 2 is 1.94 bits per heavy atom. The second kappa shape index (κ2) is 6.11. The van der Waals surface area contributed by atoms with Gasteiger partial charge in [-0.15, -0.1) is 0 Å². The van der Waals surface area contributed by atoms with Gasteiger partial charge in [-0.3, -0.25) is 4.79 Å². The van der Waals surface area contributed by atoms with Crippen LogP contribution in [-0.2, 0) is 11.2 Å². The smallest absolute Gasteiger partial charge is 0.226 e. The van der Waals surface area contributed by atoms with Gasteiger partial charge in [0.15, 0.2) is 0 Å². The van der Waals surface area contributed by atoms with E-state index in [0.717, 1.165) is 12.1 Å². The number of hydrogen-bond acceptors (Lipinski definition) is 1. The van der Waals surface area contributed by atoms with E-state index in [-0.39, 0.29) is 5.91 Å². The second-order valence-electron chi connectivity index (χ2n) is 3.87. The number of carbonyl (C=O) groups is 1. The quantitative estimate of drug-likeness (QED) is 0.742. The lowest BCUT2D eigenvalue weighted by atomic mass is 10.1. The molecule has 0 aliphatic carbocycles. The molecule has 86 valence electrons. The van der Waals surface area contributed by atoms with Crippen LogP contribution in [0.3, 0.4) is 0 Å². The van der Waals surface area contributed by atoms with E-state index in [1.807, 2.05) is 32.0 Å². The summed E-state index contributed by atoms with van der Waals surface area (Å²) in [5.41, 5.74) is 2.07. The molecule has 1 aromatic rings. The Hall–Kier alpha value is -1.57. The zero-order valence-corrected chi connectivity index (χ0v) is 10.1. The van der Waals surface area contributed by atoms with Crippen LogP contribution < -0.4 is 0 Å². The molecule has 0 fully saturated rings. The zero-order chi connectivity index (χ0) is 12.0. The minimum atomic E-state index is 0.142. The molecule has 0 saturated heterocycles. The van der Waals surface area contributed by atoms with Gasteiger partial charge in [-0.2, -0.15) is 0 Å². The fourth-order valence-electron chi connectivity index (χ4n) is 1.60. The van der Waals surface area contributed by atoms with Crippen LogP contribution >= 0.6 is 0 Å². The van der Waals surface area contributed by atoms with Crippen LogP contribution in [0.25, 0.3) is 0 Å². The highest BCUT2D eigenvalue weighted by Gasteiger charge is 2.11. The molecule has 0 bridgehead atoms. The minimum absolute atomic E-state index is 0.142. The first-order valence-electron chi connectivity index (χ1n) is 5.65. The molecule has 0 saturated carbocycles. The summed E-state index contributed by atoms with van der Waals surface area (Å²) >= 11 is 0. The molecule has 1 rings (SSSR count). The predicted molar refractivity (Wildman–Crippen MR) is 67.0 cm³/mol. The van der Waals surface area contributed by atoms with Gasteiger partial charge in [0.1, 0.15) is 0 Å². The van der Waals surface area contributed by atoms with Crippen molar-refractivity contribution in [2.45, 2.75) is 26.7 Å². The molecule has 0 aliphatic heterocycles. The van der Waals surface area contributed by atoms with Crippen molar-refractivity contribution in [3.05, 3.63) is 48.2 Å². The highest BCUT2D eigenvalue weighted by atomic mass is 16.2. The Morgan fingerprint density at radius 1 is 1.31 bits per heavy atom. The van der Waals surface area contributed by atoms with E-state index in [1.165, 1.54) is 5.56 Å². The zero-order valence-electron chi connectivity index (χ0n) is 10.1. The fraction of sp³-hybridized carbons (Fsp3) is 0.357. The van der Waals surface area contributed by atoms with Crippen molar-refractivity contribution in [2.75, 3.05) is 6.54 Å². The highest BCUT2D eigenvalue weighted by molar-refractivity contribution is 5.77. The van der Waals surface area contributed by atoms with Crippen LogP contribution in [0.15, 0.2) is 42.6 Å². The summed E-state index contributed by atoms with van der Waals surface area (Å²) < 4.78 is 0. The molecule has 0 unspecified atom stereocenters. The Balaban J connectivity index is 2.57. The van der Waals surface area contributed by atoms with Crippen LogP contribution in [0.2, 0.25) is 0 Å². The normalized spacial score (nSPS) is 9.88. The van der Waals surface area contributed by atoms with Crippen LogP contribution in [0.4, 0.5) is 0 Å². The van der Waals surface area contributed by atoms with E-state index < -0.39 is 0 Å². The lowest BCUT2D eigenvalue weighted by Gasteiger charge is -2.22. The molecular formula is C14H19NO. The average Bonchev–Trinajstić information content (AvgIpc) is 2.30. The molecule has 0 N–H and O–H groups in total. The summed E-state index contributed by atoms with van der Waals surface area (Å²) in [4.78, 5) is 13.4. The standard InChI is InChI=1S/C14H19NO/c1-4-14(16)15(12(2)3)11-10-13-8-6-5-7-9-13/h5-9H,2,4,10-11H2,1,3H3. The van der Waals surface area contributed by atoms with Gasteiger partial charge >= 0.3 is 0 Å². The Labute approximate surface area is 97.6 Å². The summed E-state index contributed by atoms with van der Waals surface area (Å²) in [5.74, 6) is 0.142. The van der Waals surface area contributed by atoms with Gasteiger partial charge in [0.25, 0.3) is 0 Å². The maximum atomic E-state index is 11.6. The van der Waals surface area contributed by atoms with Crippen LogP contribution in [0.5, 0.6) is 0 Å². The number of allylic oxidation sites excluding steroid dienone is 1. The van der Waals surface area contributed by atoms with Crippen molar-refractivity contribution in [3.8, 4) is 0 Å². The largest absolute Gasteiger partial charge is 0.317 e. The van der Waals surface area contributed by atoms with Crippen LogP contribution in [0.1, 0.15) is 25.8 Å². The molecule has 16 heavy (non-hydrogen) atoms. The average molecular weight is 217 g/mol. The van der Waals surface area contributed by atoms with Crippen molar-refractivity contribution in [1.29, 1.82) is 0 Å². The minimum Gasteiger partial charge on any atom is -0.317 e. The lowest BCUT2D eigenvalue weighted by molar-refractivity contribution is -0.128. The van der Waals surface area contributed by atoms with E-state index in [0.29, 0.717) is 13.0 Å². The summed E-state index contributed by atoms with van der Waals surface area (Å²) in [6.45, 7) is 8.31. The molecule has 1 amide bonds. The van der Waals surface area contributed by atoms with Gasteiger partial charge in [0.2, 0.25) is 5.91 Å². The SMILES string of the molecule is C=C(C)N(CCc1ccccc1)C(=O)CC. The summed E-state index contributed by atoms with van der Waals surface area (Å²) in [6, 6.07) is 10.2. The van der Waals surface area contributed by atoms with Gasteiger partial charge in [0, 0.05) is 18.7 Å². The van der Waals surface area contributed by atoms with E-state index in [9.17, 15) is 4.79 Å². The number of hydrogen-bond donors (Lipinski definition) is 0. The molecule has 0 aliphatic rings. The molecule has 1 aromatic carbocycles. The molecule has 0 radical (unpaired) electrons. The third-order valence-electron chi connectivity index (χ3n) is 2.53. The van der Waals surface area contributed by atoms with Crippen LogP contribution in [0, 0.1) is 0 Å². The van der Waals surface area contributed by atoms with Gasteiger partial charge < -0.3 is 4.90 Å². The maximum Gasteiger partial charge on any atom is 0.226 e. The monoisotopic (exact) mass is 217 g/mol. The van der Waals surface area contributed by atoms with Crippen molar-refractivity contribution in [2.24, 2.45) is 0 Å². The Kier molecular flexibility index (Phi) is 4.77. The molecule has 0 spiro atoms. The van der Waals surface area contributed by atoms with Gasteiger partial charge in [-0.05, 0) is 18.9 Å². The molecule has 0 heterocycles. The summed E-state index contributed by atoms with van der Waals surface area (Å²) in [6.07, 6.45) is 1.40. The number of carbonyl (C=O) groups excluding carboxylic acids is 1. The summed E-state index contributed by atoms with van der Waals surface area (Å²) in [5, 5.41) is 0. The number of rotatable bonds is 5. The highest BCUT2D eigenvalue weighted by Crippen LogP contribution is 2.07. The van der Waals surface area contributed by atoms with E-state index >= 15 is 0 Å². The molecule has 0 atom stereocenters. The number of amides is 1. The Morgan fingerprint density at radius 3 is 2.44 bits per heavy atom. The third kappa shape index (κ3) is 3.54. The van der Waals surface area contributed by atoms with E-state index in [1.54, 1.807) is 4.90 Å². The maximum absolute atomic E-state index is 11.6. The van der Waals surface area contributed by atoms with E-state index in [2.05, 4.69) is 18.7 Å². The predicted octanol–water partition coefficient (Wildman–Crippen LogP) is 3.00. The number of benzene rings is 1. The molecule has 2 nitrogen and oxygen atoms in total. The van der Waals surface area contributed by atoms with Gasteiger partial charge in [-0.25, -0.2) is 0 Å². The number of nitrogens with zero attached hydrogens (tertiary/aromatic N) is 1. The van der Waals surface area contributed by atoms with Crippen LogP contribution in [-0.4, -0.2) is 17.4 Å². The lowest BCUT2D eigenvalue weighted by Crippen LogP contribution is -2.30. The third-order valence-corrected chi connectivity index (χ3v) is 2.53. The molecule has 2 heteroatoms. The Bertz CT molecular complexity index is 356. The van der Waals surface area contributed by atoms with Crippen molar-refractivity contribution in [1.82, 2.24) is 4.90 Å². The van der Waals surface area contributed by atoms with Crippen molar-refractivity contribution in [3.63, 3.8) is 0 Å². The van der Waals surface area contributed by atoms with E-state index in [4.69, 9.17) is 0 Å².